The molecule has 0 bridgehead atoms. The van der Waals surface area contributed by atoms with Crippen LogP contribution in [0.4, 0.5) is 0 Å². The molecule has 21 heavy (non-hydrogen) atoms. The molecule has 112 valence electrons. The summed E-state index contributed by atoms with van der Waals surface area (Å²) in [6.07, 6.45) is 6.38. The maximum absolute atomic E-state index is 12.5. The fourth-order valence-electron chi connectivity index (χ4n) is 4.48. The van der Waals surface area contributed by atoms with E-state index in [1.807, 2.05) is 12.1 Å². The van der Waals surface area contributed by atoms with Crippen LogP contribution in [0.2, 0.25) is 0 Å². The Bertz CT molecular complexity index is 556. The molecular formula is C17H22N2O2. The Hall–Kier alpha value is -1.55. The van der Waals surface area contributed by atoms with Crippen LogP contribution in [0.25, 0.3) is 0 Å². The lowest BCUT2D eigenvalue weighted by atomic mass is 9.91. The van der Waals surface area contributed by atoms with E-state index in [1.165, 1.54) is 24.8 Å². The summed E-state index contributed by atoms with van der Waals surface area (Å²) >= 11 is 0. The first-order valence-electron chi connectivity index (χ1n) is 7.99. The molecule has 2 heterocycles. The van der Waals surface area contributed by atoms with Gasteiger partial charge in [-0.2, -0.15) is 0 Å². The molecule has 3 atom stereocenters. The second-order valence-electron chi connectivity index (χ2n) is 6.46. The van der Waals surface area contributed by atoms with Crippen molar-refractivity contribution in [1.82, 2.24) is 10.2 Å². The number of hydrogen-bond acceptors (Lipinski definition) is 3. The third-order valence-electron chi connectivity index (χ3n) is 5.43. The Balaban J connectivity index is 1.74. The molecule has 3 aliphatic rings. The lowest BCUT2D eigenvalue weighted by Crippen LogP contribution is -2.47. The lowest BCUT2D eigenvalue weighted by Gasteiger charge is -2.35. The third-order valence-corrected chi connectivity index (χ3v) is 5.43. The van der Waals surface area contributed by atoms with E-state index in [4.69, 9.17) is 4.74 Å². The molecule has 1 aliphatic carbocycles. The monoisotopic (exact) mass is 286 g/mol. The maximum Gasteiger partial charge on any atom is 0.224 e. The minimum absolute atomic E-state index is 0.275. The summed E-state index contributed by atoms with van der Waals surface area (Å²) in [4.78, 5) is 14.6. The Morgan fingerprint density at radius 1 is 1.24 bits per heavy atom. The number of fused-ring (bicyclic) bond motifs is 3. The van der Waals surface area contributed by atoms with Crippen LogP contribution in [-0.2, 0) is 10.5 Å². The fourth-order valence-corrected chi connectivity index (χ4v) is 4.48. The summed E-state index contributed by atoms with van der Waals surface area (Å²) in [6.45, 7) is 0. The number of hydrogen-bond donors (Lipinski definition) is 1. The van der Waals surface area contributed by atoms with Crippen LogP contribution in [0.15, 0.2) is 24.3 Å². The summed E-state index contributed by atoms with van der Waals surface area (Å²) in [6, 6.07) is 9.05. The summed E-state index contributed by atoms with van der Waals surface area (Å²) < 4.78 is 5.26. The van der Waals surface area contributed by atoms with Gasteiger partial charge in [0.05, 0.1) is 7.11 Å². The van der Waals surface area contributed by atoms with E-state index in [9.17, 15) is 4.79 Å². The molecule has 4 nitrogen and oxygen atoms in total. The predicted octanol–water partition coefficient (Wildman–Crippen LogP) is 2.38. The van der Waals surface area contributed by atoms with Gasteiger partial charge in [-0.3, -0.25) is 10.1 Å². The number of carbonyl (C=O) groups is 1. The van der Waals surface area contributed by atoms with Crippen molar-refractivity contribution in [3.63, 3.8) is 0 Å². The van der Waals surface area contributed by atoms with Crippen LogP contribution in [0.5, 0.6) is 5.75 Å². The molecule has 0 aromatic heterocycles. The Labute approximate surface area is 125 Å². The molecule has 1 aromatic rings. The molecule has 3 fully saturated rings. The summed E-state index contributed by atoms with van der Waals surface area (Å²) in [5.74, 6) is 1.18. The van der Waals surface area contributed by atoms with E-state index < -0.39 is 0 Å². The van der Waals surface area contributed by atoms with Gasteiger partial charge in [-0.15, -0.1) is 0 Å². The average molecular weight is 286 g/mol. The van der Waals surface area contributed by atoms with Gasteiger partial charge < -0.3 is 9.64 Å². The molecule has 0 unspecified atom stereocenters. The summed E-state index contributed by atoms with van der Waals surface area (Å²) in [5.41, 5.74) is 0.923. The number of nitrogens with zero attached hydrogens (tertiary/aromatic N) is 1. The van der Waals surface area contributed by atoms with Gasteiger partial charge in [0.1, 0.15) is 11.4 Å². The predicted molar refractivity (Wildman–Crippen MR) is 79.9 cm³/mol. The second kappa shape index (κ2) is 4.73. The molecular weight excluding hydrogens is 264 g/mol. The smallest absolute Gasteiger partial charge is 0.224 e. The van der Waals surface area contributed by atoms with Crippen LogP contribution in [0, 0.1) is 0 Å². The number of benzene rings is 1. The van der Waals surface area contributed by atoms with Crippen LogP contribution >= 0.6 is 0 Å². The number of nitrogens with one attached hydrogen (secondary N) is 1. The van der Waals surface area contributed by atoms with Crippen molar-refractivity contribution in [2.75, 3.05) is 7.11 Å². The number of rotatable bonds is 2. The van der Waals surface area contributed by atoms with Crippen LogP contribution in [-0.4, -0.2) is 30.0 Å². The second-order valence-corrected chi connectivity index (χ2v) is 6.46. The highest BCUT2D eigenvalue weighted by atomic mass is 16.5. The van der Waals surface area contributed by atoms with E-state index in [-0.39, 0.29) is 5.66 Å². The number of methoxy groups -OCH3 is 1. The van der Waals surface area contributed by atoms with Gasteiger partial charge >= 0.3 is 0 Å². The summed E-state index contributed by atoms with van der Waals surface area (Å²) in [5, 5.41) is 3.82. The van der Waals surface area contributed by atoms with Crippen molar-refractivity contribution >= 4 is 5.91 Å². The number of ether oxygens (including phenoxy) is 1. The summed E-state index contributed by atoms with van der Waals surface area (Å²) in [7, 11) is 1.68. The van der Waals surface area contributed by atoms with Crippen molar-refractivity contribution in [3.8, 4) is 5.75 Å². The Morgan fingerprint density at radius 3 is 2.76 bits per heavy atom. The quantitative estimate of drug-likeness (QED) is 0.907. The van der Waals surface area contributed by atoms with Crippen molar-refractivity contribution in [3.05, 3.63) is 29.8 Å². The minimum atomic E-state index is -0.275. The molecule has 1 aromatic carbocycles. The minimum Gasteiger partial charge on any atom is -0.497 e. The van der Waals surface area contributed by atoms with Crippen LogP contribution < -0.4 is 10.1 Å². The zero-order chi connectivity index (χ0) is 14.4. The average Bonchev–Trinajstić information content (AvgIpc) is 3.03. The standard InChI is InChI=1S/C17H22N2O2/c1-21-13-8-6-12(7-9-13)17-11-10-16(20)19(17)15-5-3-2-4-14(15)18-17/h6-9,14-15,18H,2-5,10-11H2,1H3/t14-,15-,17-/m0/s1. The molecule has 1 N–H and O–H groups in total. The van der Waals surface area contributed by atoms with Crippen molar-refractivity contribution in [1.29, 1.82) is 0 Å². The zero-order valence-corrected chi connectivity index (χ0v) is 12.5. The van der Waals surface area contributed by atoms with E-state index in [1.54, 1.807) is 7.11 Å². The highest BCUT2D eigenvalue weighted by Gasteiger charge is 2.57. The van der Waals surface area contributed by atoms with Crippen molar-refractivity contribution in [2.45, 2.75) is 56.3 Å². The third kappa shape index (κ3) is 1.81. The van der Waals surface area contributed by atoms with Crippen molar-refractivity contribution < 1.29 is 9.53 Å². The Morgan fingerprint density at radius 2 is 2.00 bits per heavy atom. The van der Waals surface area contributed by atoms with Crippen LogP contribution in [0.1, 0.15) is 44.1 Å². The van der Waals surface area contributed by atoms with Gasteiger partial charge in [-0.05, 0) is 37.0 Å². The topological polar surface area (TPSA) is 41.6 Å². The maximum atomic E-state index is 12.5. The number of amides is 1. The first kappa shape index (κ1) is 13.1. The molecule has 0 radical (unpaired) electrons. The van der Waals surface area contributed by atoms with Gasteiger partial charge in [0.15, 0.2) is 0 Å². The van der Waals surface area contributed by atoms with Crippen molar-refractivity contribution in [2.24, 2.45) is 0 Å². The SMILES string of the molecule is COc1ccc([C@]23CCC(=O)N2[C@H]2CCCC[C@@H]2N3)cc1. The van der Waals surface area contributed by atoms with Crippen LogP contribution in [0.3, 0.4) is 0 Å². The van der Waals surface area contributed by atoms with E-state index >= 15 is 0 Å². The highest BCUT2D eigenvalue weighted by Crippen LogP contribution is 2.47. The van der Waals surface area contributed by atoms with Gasteiger partial charge in [0, 0.05) is 18.5 Å². The largest absolute Gasteiger partial charge is 0.497 e. The normalized spacial score (nSPS) is 34.7. The molecule has 4 rings (SSSR count). The molecule has 2 aliphatic heterocycles. The highest BCUT2D eigenvalue weighted by molar-refractivity contribution is 5.81. The van der Waals surface area contributed by atoms with Gasteiger partial charge in [0.2, 0.25) is 5.91 Å². The van der Waals surface area contributed by atoms with Gasteiger partial charge in [-0.25, -0.2) is 0 Å². The van der Waals surface area contributed by atoms with E-state index in [0.717, 1.165) is 18.6 Å². The molecule has 2 saturated heterocycles. The van der Waals surface area contributed by atoms with E-state index in [0.29, 0.717) is 24.4 Å². The fraction of sp³-hybridized carbons (Fsp3) is 0.588. The van der Waals surface area contributed by atoms with Gasteiger partial charge in [0.25, 0.3) is 0 Å². The zero-order valence-electron chi connectivity index (χ0n) is 12.5. The molecule has 4 heteroatoms. The van der Waals surface area contributed by atoms with Gasteiger partial charge in [-0.1, -0.05) is 25.0 Å². The first-order chi connectivity index (χ1) is 10.2. The Kier molecular flexibility index (Phi) is 2.96. The molecule has 0 spiro atoms. The lowest BCUT2D eigenvalue weighted by molar-refractivity contribution is -0.132. The van der Waals surface area contributed by atoms with E-state index in [2.05, 4.69) is 22.3 Å². The first-order valence-corrected chi connectivity index (χ1v) is 7.99. The molecule has 1 saturated carbocycles. The molecule has 1 amide bonds. The number of carbonyl (C=O) groups excluding carboxylic acids is 1.